The summed E-state index contributed by atoms with van der Waals surface area (Å²) in [6, 6.07) is 2.97. The van der Waals surface area contributed by atoms with E-state index in [4.69, 9.17) is 19.7 Å². The minimum absolute atomic E-state index is 0.558. The molecule has 4 N–H and O–H groups in total. The van der Waals surface area contributed by atoms with Crippen LogP contribution in [-0.4, -0.2) is 72.6 Å². The second-order valence-corrected chi connectivity index (χ2v) is 9.77. The molecule has 10 heteroatoms. The van der Waals surface area contributed by atoms with Crippen molar-refractivity contribution in [3.8, 4) is 0 Å². The minimum atomic E-state index is -1.26. The molecule has 4 aliphatic carbocycles. The molecule has 2 aliphatic heterocycles. The molecule has 4 saturated carbocycles. The topological polar surface area (TPSA) is 142 Å². The normalized spacial score (nSPS) is 23.1. The van der Waals surface area contributed by atoms with Gasteiger partial charge in [0.25, 0.3) is 12.0 Å². The van der Waals surface area contributed by atoms with Gasteiger partial charge in [0.15, 0.2) is 0 Å². The first-order valence-corrected chi connectivity index (χ1v) is 12.5. The number of ether oxygens (including phenoxy) is 2. The maximum Gasteiger partial charge on any atom is 0.328 e. The van der Waals surface area contributed by atoms with Crippen molar-refractivity contribution in [2.75, 3.05) is 26.3 Å². The summed E-state index contributed by atoms with van der Waals surface area (Å²) in [7, 11) is 0. The highest BCUT2D eigenvalue weighted by Gasteiger charge is 2.43. The molecular formula is C24H36N4O6. The Morgan fingerprint density at radius 2 is 1.03 bits per heavy atom. The van der Waals surface area contributed by atoms with E-state index in [0.717, 1.165) is 62.0 Å². The molecule has 2 heterocycles. The molecule has 0 radical (unpaired) electrons. The summed E-state index contributed by atoms with van der Waals surface area (Å²) in [5.74, 6) is 1.15. The fourth-order valence-corrected chi connectivity index (χ4v) is 4.34. The number of carboxylic acids is 2. The van der Waals surface area contributed by atoms with Gasteiger partial charge in [-0.1, -0.05) is 0 Å². The minimum Gasteiger partial charge on any atom is -0.478 e. The van der Waals surface area contributed by atoms with Crippen molar-refractivity contribution in [2.24, 2.45) is 33.7 Å². The third-order valence-electron chi connectivity index (χ3n) is 6.64. The van der Waals surface area contributed by atoms with Crippen LogP contribution in [0.4, 0.5) is 0 Å². The van der Waals surface area contributed by atoms with Crippen LogP contribution in [0.5, 0.6) is 0 Å². The van der Waals surface area contributed by atoms with Gasteiger partial charge in [0, 0.05) is 24.2 Å². The Bertz CT molecular complexity index is 722. The zero-order valence-corrected chi connectivity index (χ0v) is 19.5. The van der Waals surface area contributed by atoms with Crippen molar-refractivity contribution in [1.82, 2.24) is 10.6 Å². The summed E-state index contributed by atoms with van der Waals surface area (Å²) in [4.78, 5) is 27.7. The summed E-state index contributed by atoms with van der Waals surface area (Å²) < 4.78 is 10.8. The van der Waals surface area contributed by atoms with E-state index in [9.17, 15) is 9.59 Å². The molecule has 6 aliphatic rings. The van der Waals surface area contributed by atoms with E-state index < -0.39 is 11.9 Å². The van der Waals surface area contributed by atoms with Gasteiger partial charge in [0.2, 0.25) is 0 Å². The highest BCUT2D eigenvalue weighted by Crippen LogP contribution is 2.45. The molecule has 0 atom stereocenters. The zero-order chi connectivity index (χ0) is 23.9. The number of carboxylic acid groups (broad SMARTS) is 2. The lowest BCUT2D eigenvalue weighted by Gasteiger charge is -2.17. The highest BCUT2D eigenvalue weighted by atomic mass is 16.5. The van der Waals surface area contributed by atoms with E-state index in [1.165, 1.54) is 51.4 Å². The Hall–Kier alpha value is -2.78. The fraction of sp³-hybridized carbons (Fsp3) is 0.750. The van der Waals surface area contributed by atoms with Gasteiger partial charge in [-0.05, 0) is 75.0 Å². The van der Waals surface area contributed by atoms with Crippen molar-refractivity contribution in [2.45, 2.75) is 63.5 Å². The first-order chi connectivity index (χ1) is 16.5. The van der Waals surface area contributed by atoms with E-state index in [1.54, 1.807) is 0 Å². The molecule has 0 aromatic rings. The van der Waals surface area contributed by atoms with E-state index in [0.29, 0.717) is 24.2 Å². The Kier molecular flexibility index (Phi) is 8.29. The summed E-state index contributed by atoms with van der Waals surface area (Å²) in [5.41, 5.74) is 0. The molecule has 0 aromatic heterocycles. The van der Waals surface area contributed by atoms with Gasteiger partial charge in [0.05, 0.1) is 13.1 Å². The van der Waals surface area contributed by atoms with Gasteiger partial charge in [0.1, 0.15) is 13.2 Å². The third kappa shape index (κ3) is 8.53. The Labute approximate surface area is 199 Å². The monoisotopic (exact) mass is 476 g/mol. The van der Waals surface area contributed by atoms with Crippen LogP contribution in [0.15, 0.2) is 22.1 Å². The molecule has 0 bridgehead atoms. The zero-order valence-electron chi connectivity index (χ0n) is 19.5. The fourth-order valence-electron chi connectivity index (χ4n) is 4.34. The predicted molar refractivity (Wildman–Crippen MR) is 126 cm³/mol. The molecule has 10 nitrogen and oxygen atoms in total. The van der Waals surface area contributed by atoms with Crippen LogP contribution in [0.25, 0.3) is 0 Å². The van der Waals surface area contributed by atoms with Crippen molar-refractivity contribution in [3.63, 3.8) is 0 Å². The van der Waals surface area contributed by atoms with Crippen molar-refractivity contribution < 1.29 is 29.3 Å². The van der Waals surface area contributed by atoms with Gasteiger partial charge < -0.3 is 30.3 Å². The summed E-state index contributed by atoms with van der Waals surface area (Å²) in [6.45, 7) is 3.21. The number of nitrogens with zero attached hydrogens (tertiary/aromatic N) is 2. The van der Waals surface area contributed by atoms with Crippen LogP contribution in [0.1, 0.15) is 51.4 Å². The molecule has 4 fully saturated rings. The number of hydrogen-bond donors (Lipinski definition) is 4. The van der Waals surface area contributed by atoms with Crippen LogP contribution in [0, 0.1) is 23.7 Å². The summed E-state index contributed by atoms with van der Waals surface area (Å²) >= 11 is 0. The summed E-state index contributed by atoms with van der Waals surface area (Å²) in [5, 5.41) is 22.6. The van der Waals surface area contributed by atoms with Crippen molar-refractivity contribution in [1.29, 1.82) is 0 Å². The average Bonchev–Trinajstić information content (AvgIpc) is 3.64. The Morgan fingerprint density at radius 1 is 0.706 bits per heavy atom. The smallest absolute Gasteiger partial charge is 0.328 e. The van der Waals surface area contributed by atoms with Crippen LogP contribution in [-0.2, 0) is 19.1 Å². The molecule has 6 rings (SSSR count). The summed E-state index contributed by atoms with van der Waals surface area (Å²) in [6.07, 6.45) is 12.3. The average molecular weight is 477 g/mol. The number of aliphatic imine (C=N–C) groups is 2. The van der Waals surface area contributed by atoms with Crippen LogP contribution in [0.2, 0.25) is 0 Å². The SMILES string of the molecule is C1COC(NC(C2CC2)C2CC2)=N1.C1COC(NC(C2CC2)C2CC2)=N1.O=C(O)C=CC(=O)O. The second kappa shape index (κ2) is 11.6. The third-order valence-corrected chi connectivity index (χ3v) is 6.64. The molecule has 0 amide bonds. The van der Waals surface area contributed by atoms with Crippen LogP contribution < -0.4 is 10.6 Å². The number of rotatable bonds is 8. The predicted octanol–water partition coefficient (Wildman–Crippen LogP) is 2.01. The van der Waals surface area contributed by atoms with Gasteiger partial charge in [-0.25, -0.2) is 19.6 Å². The highest BCUT2D eigenvalue weighted by molar-refractivity contribution is 5.89. The maximum atomic E-state index is 9.55. The molecular weight excluding hydrogens is 440 g/mol. The van der Waals surface area contributed by atoms with E-state index >= 15 is 0 Å². The largest absolute Gasteiger partial charge is 0.478 e. The second-order valence-electron chi connectivity index (χ2n) is 9.77. The maximum absolute atomic E-state index is 9.55. The molecule has 188 valence electrons. The lowest BCUT2D eigenvalue weighted by Crippen LogP contribution is -2.38. The number of hydrogen-bond acceptors (Lipinski definition) is 8. The van der Waals surface area contributed by atoms with E-state index in [2.05, 4.69) is 20.6 Å². The van der Waals surface area contributed by atoms with Crippen LogP contribution in [0.3, 0.4) is 0 Å². The number of carbonyl (C=O) groups is 2. The molecule has 34 heavy (non-hydrogen) atoms. The van der Waals surface area contributed by atoms with Gasteiger partial charge >= 0.3 is 11.9 Å². The molecule has 0 spiro atoms. The lowest BCUT2D eigenvalue weighted by molar-refractivity contribution is -0.134. The quantitative estimate of drug-likeness (QED) is 0.390. The van der Waals surface area contributed by atoms with E-state index in [1.807, 2.05) is 0 Å². The first kappa shape index (κ1) is 24.3. The Morgan fingerprint density at radius 3 is 1.24 bits per heavy atom. The number of aliphatic carboxylic acids is 2. The van der Waals surface area contributed by atoms with Gasteiger partial charge in [-0.15, -0.1) is 0 Å². The molecule has 0 aromatic carbocycles. The molecule has 0 unspecified atom stereocenters. The van der Waals surface area contributed by atoms with Gasteiger partial charge in [-0.3, -0.25) is 0 Å². The Balaban J connectivity index is 0.000000126. The van der Waals surface area contributed by atoms with Gasteiger partial charge in [-0.2, -0.15) is 0 Å². The number of nitrogens with one attached hydrogen (secondary N) is 2. The first-order valence-electron chi connectivity index (χ1n) is 12.5. The number of amidine groups is 2. The lowest BCUT2D eigenvalue weighted by atomic mass is 10.1. The molecule has 0 saturated heterocycles. The van der Waals surface area contributed by atoms with Crippen molar-refractivity contribution in [3.05, 3.63) is 12.2 Å². The van der Waals surface area contributed by atoms with Crippen LogP contribution >= 0.6 is 0 Å². The standard InChI is InChI=1S/2C10H16N2O.C4H4O4/c2*1-2-7(1)9(8-3-4-8)12-10-11-5-6-13-10;5-3(6)1-2-4(7)8/h2*7-9H,1-6H2,(H,11,12);1-2H,(H,5,6)(H,7,8). The van der Waals surface area contributed by atoms with Crippen molar-refractivity contribution >= 4 is 24.0 Å². The van der Waals surface area contributed by atoms with E-state index in [-0.39, 0.29) is 0 Å².